The molecule has 1 aliphatic rings. The van der Waals surface area contributed by atoms with Gasteiger partial charge in [-0.3, -0.25) is 9.52 Å². The van der Waals surface area contributed by atoms with Crippen LogP contribution in [0.2, 0.25) is 5.02 Å². The minimum Gasteiger partial charge on any atom is -0.487 e. The van der Waals surface area contributed by atoms with Gasteiger partial charge in [0.1, 0.15) is 11.9 Å². The Morgan fingerprint density at radius 2 is 1.87 bits per heavy atom. The Labute approximate surface area is 229 Å². The van der Waals surface area contributed by atoms with Gasteiger partial charge in [-0.15, -0.1) is 0 Å². The number of rotatable bonds is 8. The molecule has 38 heavy (non-hydrogen) atoms. The zero-order chi connectivity index (χ0) is 28.2. The van der Waals surface area contributed by atoms with E-state index < -0.39 is 28.1 Å². The maximum absolute atomic E-state index is 13.6. The summed E-state index contributed by atoms with van der Waals surface area (Å²) >= 11 is 5.88. The van der Waals surface area contributed by atoms with Gasteiger partial charge in [-0.2, -0.15) is 0 Å². The molecule has 208 valence electrons. The third-order valence-electron chi connectivity index (χ3n) is 6.25. The first kappa shape index (κ1) is 29.5. The van der Waals surface area contributed by atoms with E-state index in [1.165, 1.54) is 47.4 Å². The summed E-state index contributed by atoms with van der Waals surface area (Å²) in [5.74, 6) is -0.322. The van der Waals surface area contributed by atoms with Crippen molar-refractivity contribution >= 4 is 39.2 Å². The molecule has 0 bridgehead atoms. The summed E-state index contributed by atoms with van der Waals surface area (Å²) in [6.07, 6.45) is -0.477. The topological polar surface area (TPSA) is 128 Å². The predicted octanol–water partition coefficient (Wildman–Crippen LogP) is 3.41. The van der Waals surface area contributed by atoms with E-state index in [9.17, 15) is 23.1 Å². The molecule has 0 spiro atoms. The van der Waals surface area contributed by atoms with Crippen molar-refractivity contribution in [2.45, 2.75) is 50.8 Å². The van der Waals surface area contributed by atoms with Crippen LogP contribution in [0.4, 0.5) is 10.5 Å². The van der Waals surface area contributed by atoms with E-state index in [2.05, 4.69) is 10.0 Å². The first-order chi connectivity index (χ1) is 17.8. The van der Waals surface area contributed by atoms with Crippen molar-refractivity contribution in [2.24, 2.45) is 5.92 Å². The lowest BCUT2D eigenvalue weighted by atomic mass is 9.99. The second kappa shape index (κ2) is 12.2. The van der Waals surface area contributed by atoms with Gasteiger partial charge in [-0.25, -0.2) is 13.2 Å². The van der Waals surface area contributed by atoms with E-state index in [-0.39, 0.29) is 59.6 Å². The van der Waals surface area contributed by atoms with Crippen LogP contribution >= 0.6 is 11.6 Å². The number of aliphatic hydroxyl groups is 1. The average Bonchev–Trinajstić information content (AvgIpc) is 2.85. The molecule has 3 rings (SSSR count). The van der Waals surface area contributed by atoms with Crippen molar-refractivity contribution in [3.8, 4) is 5.75 Å². The molecule has 1 aliphatic heterocycles. The summed E-state index contributed by atoms with van der Waals surface area (Å²) in [6, 6.07) is 9.41. The van der Waals surface area contributed by atoms with Crippen LogP contribution in [0.5, 0.6) is 5.75 Å². The molecule has 0 unspecified atom stereocenters. The van der Waals surface area contributed by atoms with Crippen molar-refractivity contribution in [3.63, 3.8) is 0 Å². The summed E-state index contributed by atoms with van der Waals surface area (Å²) in [5, 5.41) is 13.1. The highest BCUT2D eigenvalue weighted by molar-refractivity contribution is 7.92. The number of carbonyl (C=O) groups is 2. The monoisotopic (exact) mass is 566 g/mol. The Morgan fingerprint density at radius 3 is 2.47 bits per heavy atom. The minimum atomic E-state index is -3.95. The molecule has 3 N–H and O–H groups in total. The number of carbonyl (C=O) groups excluding carboxylic acids is 2. The van der Waals surface area contributed by atoms with E-state index >= 15 is 0 Å². The Hall–Kier alpha value is -3.02. The molecule has 2 aromatic rings. The molecule has 0 radical (unpaired) electrons. The Kier molecular flexibility index (Phi) is 9.50. The zero-order valence-corrected chi connectivity index (χ0v) is 23.7. The van der Waals surface area contributed by atoms with Gasteiger partial charge >= 0.3 is 6.03 Å². The molecule has 0 saturated heterocycles. The highest BCUT2D eigenvalue weighted by Gasteiger charge is 2.34. The fourth-order valence-corrected chi connectivity index (χ4v) is 5.22. The lowest BCUT2D eigenvalue weighted by Crippen LogP contribution is -2.51. The number of likely N-dealkylation sites (N-methyl/N-ethyl adjacent to an activating group) is 1. The molecule has 12 heteroatoms. The van der Waals surface area contributed by atoms with Gasteiger partial charge in [0.2, 0.25) is 0 Å². The van der Waals surface area contributed by atoms with Crippen molar-refractivity contribution in [3.05, 3.63) is 53.1 Å². The van der Waals surface area contributed by atoms with Crippen LogP contribution in [0.25, 0.3) is 0 Å². The Bertz CT molecular complexity index is 1250. The number of sulfonamides is 1. The number of benzene rings is 2. The third-order valence-corrected chi connectivity index (χ3v) is 7.90. The number of amides is 3. The second-order valence-electron chi connectivity index (χ2n) is 9.88. The van der Waals surface area contributed by atoms with Gasteiger partial charge in [0.05, 0.1) is 29.7 Å². The number of hydrogen-bond donors (Lipinski definition) is 3. The first-order valence-corrected chi connectivity index (χ1v) is 14.2. The van der Waals surface area contributed by atoms with E-state index in [0.717, 1.165) is 0 Å². The predicted molar refractivity (Wildman–Crippen MR) is 146 cm³/mol. The third kappa shape index (κ3) is 7.09. The molecule has 10 nitrogen and oxygen atoms in total. The summed E-state index contributed by atoms with van der Waals surface area (Å²) in [4.78, 5) is 29.2. The number of hydrogen-bond acceptors (Lipinski definition) is 6. The Morgan fingerprint density at radius 1 is 1.21 bits per heavy atom. The molecule has 0 fully saturated rings. The van der Waals surface area contributed by atoms with Crippen molar-refractivity contribution < 1.29 is 27.9 Å². The SMILES string of the molecule is CC(C)NC(=O)N(C)C[C@H]1Oc2ccc(NS(=O)(=O)c3ccc(Cl)cc3)cc2C(=O)N([C@H](C)CO)C[C@H]1C. The van der Waals surface area contributed by atoms with Crippen molar-refractivity contribution in [1.82, 2.24) is 15.1 Å². The minimum absolute atomic E-state index is 0.0170. The molecular weight excluding hydrogens is 532 g/mol. The molecule has 3 atom stereocenters. The Balaban J connectivity index is 1.96. The summed E-state index contributed by atoms with van der Waals surface area (Å²) in [6.45, 7) is 7.66. The van der Waals surface area contributed by atoms with E-state index in [0.29, 0.717) is 5.02 Å². The molecule has 2 aromatic carbocycles. The fourth-order valence-electron chi connectivity index (χ4n) is 4.04. The number of urea groups is 1. The molecule has 3 amide bonds. The van der Waals surface area contributed by atoms with Crippen LogP contribution < -0.4 is 14.8 Å². The summed E-state index contributed by atoms with van der Waals surface area (Å²) in [7, 11) is -2.28. The van der Waals surface area contributed by atoms with Gasteiger partial charge in [0.25, 0.3) is 15.9 Å². The van der Waals surface area contributed by atoms with Gasteiger partial charge in [0, 0.05) is 36.3 Å². The van der Waals surface area contributed by atoms with Crippen LogP contribution in [0, 0.1) is 5.92 Å². The lowest BCUT2D eigenvalue weighted by Gasteiger charge is -2.38. The summed E-state index contributed by atoms with van der Waals surface area (Å²) < 4.78 is 34.6. The first-order valence-electron chi connectivity index (χ1n) is 12.3. The van der Waals surface area contributed by atoms with Crippen LogP contribution in [0.15, 0.2) is 47.4 Å². The highest BCUT2D eigenvalue weighted by atomic mass is 35.5. The maximum atomic E-state index is 13.6. The normalized spacial score (nSPS) is 18.6. The number of anilines is 1. The van der Waals surface area contributed by atoms with E-state index in [1.807, 2.05) is 20.8 Å². The number of aliphatic hydroxyl groups excluding tert-OH is 1. The van der Waals surface area contributed by atoms with Crippen LogP contribution in [-0.4, -0.2) is 80.2 Å². The standard InChI is InChI=1S/C26H35ClN4O6S/c1-16(2)28-26(34)30(5)14-24-17(3)13-31(18(4)15-32)25(33)22-12-20(8-11-23(22)37-24)29-38(35,36)21-9-6-19(27)7-10-21/h6-12,16-18,24,29,32H,13-15H2,1-5H3,(H,28,34)/t17-,18-,24-/m1/s1. The highest BCUT2D eigenvalue weighted by Crippen LogP contribution is 2.31. The molecule has 1 heterocycles. The average molecular weight is 567 g/mol. The summed E-state index contributed by atoms with van der Waals surface area (Å²) in [5.41, 5.74) is 0.318. The van der Waals surface area contributed by atoms with Gasteiger partial charge in [-0.05, 0) is 63.2 Å². The molecule has 0 aliphatic carbocycles. The van der Waals surface area contributed by atoms with Gasteiger partial charge in [0.15, 0.2) is 0 Å². The van der Waals surface area contributed by atoms with Crippen LogP contribution in [-0.2, 0) is 10.0 Å². The largest absolute Gasteiger partial charge is 0.487 e. The van der Waals surface area contributed by atoms with Crippen molar-refractivity contribution in [1.29, 1.82) is 0 Å². The zero-order valence-electron chi connectivity index (χ0n) is 22.1. The molecular formula is C26H35ClN4O6S. The number of ether oxygens (including phenoxy) is 1. The van der Waals surface area contributed by atoms with Gasteiger partial charge in [-0.1, -0.05) is 18.5 Å². The van der Waals surface area contributed by atoms with Crippen molar-refractivity contribution in [2.75, 3.05) is 31.5 Å². The van der Waals surface area contributed by atoms with Gasteiger partial charge < -0.3 is 25.0 Å². The quantitative estimate of drug-likeness (QED) is 0.449. The van der Waals surface area contributed by atoms with Crippen LogP contribution in [0.1, 0.15) is 38.1 Å². The number of fused-ring (bicyclic) bond motifs is 1. The maximum Gasteiger partial charge on any atom is 0.317 e. The number of nitrogens with one attached hydrogen (secondary N) is 2. The van der Waals surface area contributed by atoms with Crippen LogP contribution in [0.3, 0.4) is 0 Å². The molecule has 0 aromatic heterocycles. The van der Waals surface area contributed by atoms with E-state index in [1.54, 1.807) is 18.9 Å². The van der Waals surface area contributed by atoms with E-state index in [4.69, 9.17) is 16.3 Å². The second-order valence-corrected chi connectivity index (χ2v) is 12.0. The number of nitrogens with zero attached hydrogens (tertiary/aromatic N) is 2. The number of halogens is 1. The molecule has 0 saturated carbocycles. The lowest BCUT2D eigenvalue weighted by molar-refractivity contribution is 0.0366. The fraction of sp³-hybridized carbons (Fsp3) is 0.462. The smallest absolute Gasteiger partial charge is 0.317 e.